The summed E-state index contributed by atoms with van der Waals surface area (Å²) in [4.78, 5) is 79.4. The molecule has 0 spiro atoms. The van der Waals surface area contributed by atoms with Crippen LogP contribution >= 0.6 is 23.7 Å². The number of aliphatic hydroxyl groups excluding tert-OH is 5. The number of azide groups is 2. The number of H-pyrrole nitrogens is 2. The molecule has 2 aromatic heterocycles. The normalized spacial score (nSPS) is 24.9. The van der Waals surface area contributed by atoms with Crippen LogP contribution in [-0.4, -0.2) is 130 Å². The molecule has 2 unspecified atom stereocenters. The average Bonchev–Trinajstić information content (AvgIpc) is 3.77. The number of rotatable bonds is 20. The van der Waals surface area contributed by atoms with E-state index in [2.05, 4.69) is 30.2 Å². The molecular weight excluding hydrogens is 1120 g/mol. The number of aromatic nitrogens is 4. The van der Waals surface area contributed by atoms with Gasteiger partial charge >= 0.3 is 30.0 Å². The van der Waals surface area contributed by atoms with Crippen molar-refractivity contribution in [2.45, 2.75) is 114 Å². The van der Waals surface area contributed by atoms with Gasteiger partial charge in [0.05, 0.1) is 25.4 Å². The molecule has 2 fully saturated rings. The van der Waals surface area contributed by atoms with E-state index in [1.165, 1.54) is 6.92 Å². The zero-order valence-corrected chi connectivity index (χ0v) is 45.7. The van der Waals surface area contributed by atoms with Crippen LogP contribution in [0.3, 0.4) is 0 Å². The number of carbonyl (C=O) groups excluding carboxylic acids is 2. The summed E-state index contributed by atoms with van der Waals surface area (Å²) in [5, 5.41) is 62.6. The molecule has 4 aromatic rings. The van der Waals surface area contributed by atoms with Gasteiger partial charge in [-0.3, -0.25) is 38.3 Å². The summed E-state index contributed by atoms with van der Waals surface area (Å²) in [6.45, 7) is 4.72. The van der Waals surface area contributed by atoms with Gasteiger partial charge in [0.25, 0.3) is 16.9 Å². The number of ether oxygens (including phenoxy) is 4. The summed E-state index contributed by atoms with van der Waals surface area (Å²) < 4.78 is 39.9. The number of hydrogen-bond donors (Lipinski definition) is 9. The standard InChI is InChI=1S/C21H27N6O9PS.C12H17ClNO3PS.C9H11N5O6/c1-12(2)34-19(31)13(3)24-37(38,36-14-7-5-4-6-8-14)33-11-21(25-26-22)17(30)16(29)18(35-21)27-10-9-15(28)23-20(27)32;1-9(2)16-12(15)10(3)14-18(13,19)17-11-7-5-4-6-8-11;10-13-12-9(3-15)6(18)5(17)7(20-9)14-2-1-4(16)11-8(14)19/h4-10,12-13,16-18,29-30H,11H2,1-3H3,(H,24,38)(H,23,28,32);4-10H,1-3H3,(H,14,19);1-2,5-7,15,17-18H,3H2,(H,11,16,19)/t13-,16+,17-,18+,21+,37?;10-,18?;5-,6+,7-,9-/m001/s1. The van der Waals surface area contributed by atoms with Gasteiger partial charge in [-0.05, 0) is 112 Å². The molecule has 0 amide bonds. The first-order chi connectivity index (χ1) is 36.1. The third-order valence-corrected chi connectivity index (χ3v) is 14.9. The van der Waals surface area contributed by atoms with E-state index in [4.69, 9.17) is 72.9 Å². The summed E-state index contributed by atoms with van der Waals surface area (Å²) in [5.74, 6) is -2.99. The van der Waals surface area contributed by atoms with Gasteiger partial charge in [-0.25, -0.2) is 19.8 Å². The molecule has 12 atom stereocenters. The van der Waals surface area contributed by atoms with Gasteiger partial charge in [0.2, 0.25) is 11.4 Å². The summed E-state index contributed by atoms with van der Waals surface area (Å²) in [6, 6.07) is 17.7. The lowest BCUT2D eigenvalue weighted by molar-refractivity contribution is -0.149. The maximum Gasteiger partial charge on any atom is 0.330 e. The highest BCUT2D eigenvalue weighted by Gasteiger charge is 2.57. The third-order valence-electron chi connectivity index (χ3n) is 10.2. The Kier molecular flexibility index (Phi) is 23.3. The maximum absolute atomic E-state index is 12.4. The second-order valence-corrected chi connectivity index (χ2v) is 25.0. The number of aromatic amines is 2. The van der Waals surface area contributed by atoms with Crippen molar-refractivity contribution in [2.75, 3.05) is 13.2 Å². The summed E-state index contributed by atoms with van der Waals surface area (Å²) in [7, 11) is 0. The van der Waals surface area contributed by atoms with Crippen molar-refractivity contribution in [1.29, 1.82) is 0 Å². The number of halogens is 1. The van der Waals surface area contributed by atoms with Crippen LogP contribution in [-0.2, 0) is 56.7 Å². The van der Waals surface area contributed by atoms with Crippen molar-refractivity contribution in [3.63, 3.8) is 0 Å². The van der Waals surface area contributed by atoms with Gasteiger partial charge < -0.3 is 58.1 Å². The van der Waals surface area contributed by atoms with Crippen LogP contribution in [0.2, 0.25) is 0 Å². The number of aliphatic hydroxyl groups is 5. The smallest absolute Gasteiger partial charge is 0.330 e. The zero-order valence-electron chi connectivity index (χ0n) is 41.5. The number of nitrogens with zero attached hydrogens (tertiary/aromatic N) is 8. The van der Waals surface area contributed by atoms with Crippen molar-refractivity contribution in [1.82, 2.24) is 29.3 Å². The molecule has 9 N–H and O–H groups in total. The van der Waals surface area contributed by atoms with Gasteiger partial charge in [-0.1, -0.05) is 46.6 Å². The molecule has 30 nitrogen and oxygen atoms in total. The molecule has 6 rings (SSSR count). The third kappa shape index (κ3) is 17.6. The molecule has 2 aliphatic heterocycles. The lowest BCUT2D eigenvalue weighted by atomic mass is 10.1. The van der Waals surface area contributed by atoms with E-state index in [0.29, 0.717) is 5.75 Å². The van der Waals surface area contributed by atoms with Crippen LogP contribution in [0.1, 0.15) is 54.0 Å². The highest BCUT2D eigenvalue weighted by molar-refractivity contribution is 8.23. The molecule has 420 valence electrons. The Morgan fingerprint density at radius 2 is 1.12 bits per heavy atom. The minimum atomic E-state index is -3.66. The van der Waals surface area contributed by atoms with Crippen molar-refractivity contribution >= 4 is 59.2 Å². The van der Waals surface area contributed by atoms with Crippen molar-refractivity contribution in [3.8, 4) is 11.5 Å². The quantitative estimate of drug-likeness (QED) is 0.0201. The first-order valence-corrected chi connectivity index (χ1v) is 28.9. The number of benzene rings is 2. The maximum atomic E-state index is 12.4. The monoisotopic (exact) mass is 1180 g/mol. The predicted molar refractivity (Wildman–Crippen MR) is 280 cm³/mol. The number of hydrogen-bond acceptors (Lipinski definition) is 22. The van der Waals surface area contributed by atoms with E-state index in [9.17, 15) is 59.8 Å². The van der Waals surface area contributed by atoms with E-state index in [-0.39, 0.29) is 11.9 Å². The fraction of sp³-hybridized carbons (Fsp3) is 0.476. The first kappa shape index (κ1) is 63.7. The molecule has 0 aliphatic carbocycles. The van der Waals surface area contributed by atoms with Crippen molar-refractivity contribution in [3.05, 3.63) is 148 Å². The van der Waals surface area contributed by atoms with E-state index < -0.39 is 127 Å². The number of carbonyl (C=O) groups is 2. The van der Waals surface area contributed by atoms with Gasteiger partial charge in [0.15, 0.2) is 12.5 Å². The average molecular weight is 1180 g/mol. The minimum absolute atomic E-state index is 0.181. The van der Waals surface area contributed by atoms with Crippen molar-refractivity contribution in [2.24, 2.45) is 10.2 Å². The van der Waals surface area contributed by atoms with Crippen LogP contribution < -0.4 is 41.7 Å². The number of para-hydroxylation sites is 2. The largest absolute Gasteiger partial charge is 0.462 e. The molecule has 2 aromatic carbocycles. The molecule has 0 saturated carbocycles. The first-order valence-electron chi connectivity index (χ1n) is 22.6. The summed E-state index contributed by atoms with van der Waals surface area (Å²) >= 11 is 16.9. The Morgan fingerprint density at radius 1 is 0.714 bits per heavy atom. The molecule has 77 heavy (non-hydrogen) atoms. The lowest BCUT2D eigenvalue weighted by Gasteiger charge is -2.31. The molecule has 4 heterocycles. The van der Waals surface area contributed by atoms with Gasteiger partial charge in [0, 0.05) is 34.3 Å². The van der Waals surface area contributed by atoms with Gasteiger partial charge in [-0.2, -0.15) is 0 Å². The van der Waals surface area contributed by atoms with Crippen LogP contribution in [0, 0.1) is 0 Å². The number of nitrogens with one attached hydrogen (secondary N) is 4. The SMILES string of the molecule is CC(C)OC(=O)[C@H](C)NP(=S)(Cl)Oc1ccccc1.CC(C)OC(=O)[C@H](C)NP(=S)(OC[C@@]1(N=[N+]=[N-])O[C@@H](n2ccc(=O)[nH]c2=O)[C@H](O)[C@@H]1O)Oc1ccccc1.[N-]=[N+]=N[C@]1(CO)O[C@@H](n2ccc(=O)[nH]c2=O)[C@H](O)[C@@H]1O. The van der Waals surface area contributed by atoms with E-state index in [1.54, 1.807) is 77.1 Å². The Bertz CT molecular complexity index is 3100. The Morgan fingerprint density at radius 3 is 1.53 bits per heavy atom. The molecule has 2 aliphatic rings. The van der Waals surface area contributed by atoms with Crippen LogP contribution in [0.25, 0.3) is 20.9 Å². The van der Waals surface area contributed by atoms with Crippen LogP contribution in [0.15, 0.2) is 115 Å². The summed E-state index contributed by atoms with van der Waals surface area (Å²) in [6.07, 6.45) is -8.54. The fourth-order valence-electron chi connectivity index (χ4n) is 6.64. The Labute approximate surface area is 451 Å². The topological polar surface area (TPSA) is 431 Å². The molecule has 0 bridgehead atoms. The van der Waals surface area contributed by atoms with Gasteiger partial charge in [-0.15, -0.1) is 0 Å². The Hall–Kier alpha value is -5.85. The molecule has 0 radical (unpaired) electrons. The Balaban J connectivity index is 0.000000275. The second kappa shape index (κ2) is 28.2. The lowest BCUT2D eigenvalue weighted by Crippen LogP contribution is -2.45. The highest BCUT2D eigenvalue weighted by atomic mass is 35.7. The highest BCUT2D eigenvalue weighted by Crippen LogP contribution is 2.50. The van der Waals surface area contributed by atoms with Crippen LogP contribution in [0.4, 0.5) is 0 Å². The fourth-order valence-corrected chi connectivity index (χ4v) is 11.5. The molecule has 2 saturated heterocycles. The second-order valence-electron chi connectivity index (χ2n) is 16.9. The van der Waals surface area contributed by atoms with Crippen molar-refractivity contribution < 1.29 is 67.6 Å². The zero-order chi connectivity index (χ0) is 57.5. The minimum Gasteiger partial charge on any atom is -0.462 e. The van der Waals surface area contributed by atoms with E-state index in [0.717, 1.165) is 33.7 Å². The van der Waals surface area contributed by atoms with E-state index >= 15 is 0 Å². The number of esters is 2. The summed E-state index contributed by atoms with van der Waals surface area (Å²) in [5.41, 5.74) is 10.1. The van der Waals surface area contributed by atoms with E-state index in [1.807, 2.05) is 28.2 Å². The predicted octanol–water partition coefficient (Wildman–Crippen LogP) is 2.29. The van der Waals surface area contributed by atoms with Crippen LogP contribution in [0.5, 0.6) is 11.5 Å². The van der Waals surface area contributed by atoms with Gasteiger partial charge in [0.1, 0.15) is 48.0 Å². The molecular formula is C42H55ClN12O18P2S2. The molecule has 35 heteroatoms.